The first kappa shape index (κ1) is 19.5. The number of thiophene rings is 1. The van der Waals surface area contributed by atoms with Crippen LogP contribution in [-0.2, 0) is 12.8 Å². The molecule has 1 aromatic carbocycles. The van der Waals surface area contributed by atoms with Gasteiger partial charge in [0.15, 0.2) is 0 Å². The van der Waals surface area contributed by atoms with Crippen molar-refractivity contribution < 1.29 is 9.84 Å². The summed E-state index contributed by atoms with van der Waals surface area (Å²) in [5, 5.41) is 9.20. The zero-order chi connectivity index (χ0) is 18.1. The molecule has 3 nitrogen and oxygen atoms in total. The summed E-state index contributed by atoms with van der Waals surface area (Å²) in [6.07, 6.45) is 4.64. The minimum absolute atomic E-state index is 0.0131. The molecule has 1 atom stereocenters. The number of aryl methyl sites for hydroxylation is 2. The number of aliphatic hydroxyl groups is 1. The van der Waals surface area contributed by atoms with Crippen molar-refractivity contribution in [3.05, 3.63) is 51.7 Å². The van der Waals surface area contributed by atoms with Crippen LogP contribution in [0.25, 0.3) is 0 Å². The summed E-state index contributed by atoms with van der Waals surface area (Å²) in [6, 6.07) is 12.4. The molecule has 0 aliphatic rings. The van der Waals surface area contributed by atoms with Gasteiger partial charge in [0.25, 0.3) is 0 Å². The van der Waals surface area contributed by atoms with Gasteiger partial charge in [-0.05, 0) is 62.4 Å². The minimum Gasteiger partial charge on any atom is -0.497 e. The molecule has 0 saturated heterocycles. The largest absolute Gasteiger partial charge is 0.497 e. The van der Waals surface area contributed by atoms with E-state index in [0.29, 0.717) is 0 Å². The van der Waals surface area contributed by atoms with Crippen molar-refractivity contribution in [2.75, 3.05) is 13.7 Å². The fourth-order valence-corrected chi connectivity index (χ4v) is 3.27. The lowest BCUT2D eigenvalue weighted by atomic mass is 9.98. The molecule has 1 unspecified atom stereocenters. The van der Waals surface area contributed by atoms with Gasteiger partial charge in [0.1, 0.15) is 5.75 Å². The third-order valence-corrected chi connectivity index (χ3v) is 5.16. The van der Waals surface area contributed by atoms with E-state index >= 15 is 0 Å². The van der Waals surface area contributed by atoms with Crippen LogP contribution in [0, 0.1) is 11.8 Å². The quantitative estimate of drug-likeness (QED) is 0.558. The monoisotopic (exact) mass is 357 g/mol. The number of nitrogens with two attached hydrogens (primary N) is 1. The SMILES string of the molecule is COc1ccc(CCCC#Cc2ccc(CCC(C)(N)CO)s2)cc1. The summed E-state index contributed by atoms with van der Waals surface area (Å²) < 4.78 is 5.16. The van der Waals surface area contributed by atoms with Gasteiger partial charge in [0.05, 0.1) is 18.6 Å². The highest BCUT2D eigenvalue weighted by Gasteiger charge is 2.16. The first-order valence-corrected chi connectivity index (χ1v) is 9.44. The molecule has 2 aromatic rings. The molecule has 0 saturated carbocycles. The van der Waals surface area contributed by atoms with Gasteiger partial charge in [0.2, 0.25) is 0 Å². The van der Waals surface area contributed by atoms with E-state index in [9.17, 15) is 5.11 Å². The molecule has 1 aromatic heterocycles. The molecule has 0 amide bonds. The highest BCUT2D eigenvalue weighted by Crippen LogP contribution is 2.20. The van der Waals surface area contributed by atoms with Crippen molar-refractivity contribution in [1.82, 2.24) is 0 Å². The van der Waals surface area contributed by atoms with E-state index in [0.717, 1.165) is 42.7 Å². The molecule has 25 heavy (non-hydrogen) atoms. The molecule has 4 heteroatoms. The number of rotatable bonds is 8. The van der Waals surface area contributed by atoms with Crippen molar-refractivity contribution in [3.63, 3.8) is 0 Å². The average Bonchev–Trinajstić information content (AvgIpc) is 3.08. The molecule has 0 bridgehead atoms. The summed E-state index contributed by atoms with van der Waals surface area (Å²) >= 11 is 1.72. The number of hydrogen-bond acceptors (Lipinski definition) is 4. The predicted molar refractivity (Wildman–Crippen MR) is 105 cm³/mol. The summed E-state index contributed by atoms with van der Waals surface area (Å²) in [5.41, 5.74) is 6.78. The van der Waals surface area contributed by atoms with Crippen LogP contribution in [0.4, 0.5) is 0 Å². The van der Waals surface area contributed by atoms with Gasteiger partial charge in [-0.25, -0.2) is 0 Å². The Morgan fingerprint density at radius 3 is 2.60 bits per heavy atom. The van der Waals surface area contributed by atoms with Crippen LogP contribution in [0.5, 0.6) is 5.75 Å². The molecule has 3 N–H and O–H groups in total. The van der Waals surface area contributed by atoms with Crippen LogP contribution in [0.2, 0.25) is 0 Å². The van der Waals surface area contributed by atoms with Crippen LogP contribution >= 0.6 is 11.3 Å². The Balaban J connectivity index is 1.74. The zero-order valence-electron chi connectivity index (χ0n) is 15.0. The number of unbranched alkanes of at least 4 members (excludes halogenated alkanes) is 1. The maximum absolute atomic E-state index is 9.20. The molecule has 0 aliphatic heterocycles. The number of hydrogen-bond donors (Lipinski definition) is 2. The van der Waals surface area contributed by atoms with Gasteiger partial charge < -0.3 is 15.6 Å². The Kier molecular flexibility index (Phi) is 7.52. The lowest BCUT2D eigenvalue weighted by Gasteiger charge is -2.20. The van der Waals surface area contributed by atoms with E-state index in [1.807, 2.05) is 19.1 Å². The molecule has 0 aliphatic carbocycles. The fraction of sp³-hybridized carbons (Fsp3) is 0.429. The number of methoxy groups -OCH3 is 1. The topological polar surface area (TPSA) is 55.5 Å². The maximum Gasteiger partial charge on any atom is 0.118 e. The van der Waals surface area contributed by atoms with E-state index in [4.69, 9.17) is 10.5 Å². The molecule has 134 valence electrons. The van der Waals surface area contributed by atoms with E-state index < -0.39 is 5.54 Å². The lowest BCUT2D eigenvalue weighted by Crippen LogP contribution is -2.40. The Morgan fingerprint density at radius 1 is 1.16 bits per heavy atom. The third kappa shape index (κ3) is 6.91. The van der Waals surface area contributed by atoms with E-state index in [-0.39, 0.29) is 6.61 Å². The van der Waals surface area contributed by atoms with Crippen molar-refractivity contribution in [3.8, 4) is 17.6 Å². The van der Waals surface area contributed by atoms with Crippen LogP contribution in [0.1, 0.15) is 41.5 Å². The van der Waals surface area contributed by atoms with Gasteiger partial charge in [-0.3, -0.25) is 0 Å². The number of ether oxygens (including phenoxy) is 1. The minimum atomic E-state index is -0.503. The Bertz CT molecular complexity index is 707. The molecule has 2 rings (SSSR count). The van der Waals surface area contributed by atoms with Gasteiger partial charge in [0, 0.05) is 16.8 Å². The first-order chi connectivity index (χ1) is 12.0. The Labute approximate surface area is 154 Å². The van der Waals surface area contributed by atoms with Crippen molar-refractivity contribution in [1.29, 1.82) is 0 Å². The highest BCUT2D eigenvalue weighted by molar-refractivity contribution is 7.12. The van der Waals surface area contributed by atoms with E-state index in [1.165, 1.54) is 10.4 Å². The zero-order valence-corrected chi connectivity index (χ0v) is 15.9. The molecule has 0 fully saturated rings. The third-order valence-electron chi connectivity index (χ3n) is 4.10. The van der Waals surface area contributed by atoms with Crippen LogP contribution in [0.3, 0.4) is 0 Å². The maximum atomic E-state index is 9.20. The van der Waals surface area contributed by atoms with Crippen molar-refractivity contribution in [2.24, 2.45) is 5.73 Å². The second-order valence-corrected chi connectivity index (χ2v) is 7.75. The second kappa shape index (κ2) is 9.62. The summed E-state index contributed by atoms with van der Waals surface area (Å²) in [6.45, 7) is 1.89. The molecule has 0 spiro atoms. The summed E-state index contributed by atoms with van der Waals surface area (Å²) in [7, 11) is 1.68. The normalized spacial score (nSPS) is 13.0. The molecule has 0 radical (unpaired) electrons. The lowest BCUT2D eigenvalue weighted by molar-refractivity contribution is 0.201. The van der Waals surface area contributed by atoms with Crippen LogP contribution in [0.15, 0.2) is 36.4 Å². The summed E-state index contributed by atoms with van der Waals surface area (Å²) in [4.78, 5) is 2.37. The first-order valence-electron chi connectivity index (χ1n) is 8.63. The average molecular weight is 358 g/mol. The predicted octanol–water partition coefficient (Wildman–Crippen LogP) is 3.77. The Morgan fingerprint density at radius 2 is 1.92 bits per heavy atom. The standard InChI is InChI=1S/C21H27NO2S/c1-21(22,16-23)15-14-20-13-12-19(25-20)7-5-3-4-6-17-8-10-18(24-2)11-9-17/h8-13,23H,3-4,6,14-16,22H2,1-2H3. The number of aliphatic hydroxyl groups excluding tert-OH is 1. The molecular weight excluding hydrogens is 330 g/mol. The number of benzene rings is 1. The van der Waals surface area contributed by atoms with Crippen molar-refractivity contribution in [2.45, 2.75) is 44.6 Å². The van der Waals surface area contributed by atoms with E-state index in [1.54, 1.807) is 18.4 Å². The van der Waals surface area contributed by atoms with Gasteiger partial charge in [-0.2, -0.15) is 0 Å². The van der Waals surface area contributed by atoms with E-state index in [2.05, 4.69) is 36.1 Å². The van der Waals surface area contributed by atoms with Crippen molar-refractivity contribution >= 4 is 11.3 Å². The fourth-order valence-electron chi connectivity index (χ4n) is 2.39. The smallest absolute Gasteiger partial charge is 0.118 e. The summed E-state index contributed by atoms with van der Waals surface area (Å²) in [5.74, 6) is 7.41. The van der Waals surface area contributed by atoms with Crippen LogP contribution in [-0.4, -0.2) is 24.4 Å². The van der Waals surface area contributed by atoms with Crippen LogP contribution < -0.4 is 10.5 Å². The van der Waals surface area contributed by atoms with Gasteiger partial charge >= 0.3 is 0 Å². The molecular formula is C21H27NO2S. The molecule has 1 heterocycles. The second-order valence-electron chi connectivity index (χ2n) is 6.58. The van der Waals surface area contributed by atoms with Gasteiger partial charge in [-0.15, -0.1) is 11.3 Å². The highest BCUT2D eigenvalue weighted by atomic mass is 32.1. The van der Waals surface area contributed by atoms with Gasteiger partial charge in [-0.1, -0.05) is 24.0 Å². The Hall–Kier alpha value is -1.80.